The van der Waals surface area contributed by atoms with Crippen LogP contribution in [0.5, 0.6) is 0 Å². The summed E-state index contributed by atoms with van der Waals surface area (Å²) in [6.45, 7) is 4.25. The van der Waals surface area contributed by atoms with Crippen molar-refractivity contribution >= 4 is 24.2 Å². The SMILES string of the molecule is CC(C)(C)OC(=O)N[C@H](CO)C(=O)N1N=CCC[C@H]1C(=O)O. The topological polar surface area (TPSA) is 129 Å². The minimum atomic E-state index is -1.33. The third kappa shape index (κ3) is 4.99. The van der Waals surface area contributed by atoms with Gasteiger partial charge in [-0.05, 0) is 33.6 Å². The molecule has 2 amide bonds. The van der Waals surface area contributed by atoms with Crippen molar-refractivity contribution in [2.24, 2.45) is 5.10 Å². The Balaban J connectivity index is 2.79. The number of carboxylic acid groups (broad SMARTS) is 1. The quantitative estimate of drug-likeness (QED) is 0.666. The highest BCUT2D eigenvalue weighted by molar-refractivity contribution is 5.90. The molecule has 9 heteroatoms. The third-order valence-corrected chi connectivity index (χ3v) is 2.75. The number of hydrogen-bond acceptors (Lipinski definition) is 6. The smallest absolute Gasteiger partial charge is 0.408 e. The molecule has 2 atom stereocenters. The average molecular weight is 315 g/mol. The van der Waals surface area contributed by atoms with Crippen molar-refractivity contribution in [3.8, 4) is 0 Å². The maximum Gasteiger partial charge on any atom is 0.408 e. The third-order valence-electron chi connectivity index (χ3n) is 2.75. The van der Waals surface area contributed by atoms with Crippen molar-refractivity contribution in [3.05, 3.63) is 0 Å². The number of nitrogens with one attached hydrogen (secondary N) is 1. The van der Waals surface area contributed by atoms with Crippen molar-refractivity contribution in [2.75, 3.05) is 6.61 Å². The van der Waals surface area contributed by atoms with Crippen molar-refractivity contribution in [3.63, 3.8) is 0 Å². The van der Waals surface area contributed by atoms with Crippen LogP contribution in [0, 0.1) is 0 Å². The fourth-order valence-electron chi connectivity index (χ4n) is 1.81. The highest BCUT2D eigenvalue weighted by atomic mass is 16.6. The standard InChI is InChI=1S/C13H21N3O6/c1-13(2,3)22-12(21)15-8(7-17)10(18)16-9(11(19)20)5-4-6-14-16/h6,8-9,17H,4-5,7H2,1-3H3,(H,15,21)(H,19,20)/t8-,9+/m1/s1. The second-order valence-electron chi connectivity index (χ2n) is 5.79. The van der Waals surface area contributed by atoms with Crippen LogP contribution < -0.4 is 5.32 Å². The molecule has 3 N–H and O–H groups in total. The summed E-state index contributed by atoms with van der Waals surface area (Å²) in [5.74, 6) is -2.00. The lowest BCUT2D eigenvalue weighted by molar-refractivity contribution is -0.152. The molecule has 1 rings (SSSR count). The Bertz CT molecular complexity index is 471. The molecule has 0 radical (unpaired) electrons. The largest absolute Gasteiger partial charge is 0.480 e. The van der Waals surface area contributed by atoms with Crippen LogP contribution in [0.4, 0.5) is 4.79 Å². The zero-order valence-corrected chi connectivity index (χ0v) is 12.8. The molecule has 0 aromatic rings. The Labute approximate surface area is 127 Å². The van der Waals surface area contributed by atoms with Gasteiger partial charge in [0, 0.05) is 6.21 Å². The second kappa shape index (κ2) is 7.21. The van der Waals surface area contributed by atoms with Crippen LogP contribution in [0.1, 0.15) is 33.6 Å². The molecule has 9 nitrogen and oxygen atoms in total. The molecule has 1 aliphatic rings. The molecular weight excluding hydrogens is 294 g/mol. The number of ether oxygens (including phenoxy) is 1. The lowest BCUT2D eigenvalue weighted by Gasteiger charge is -2.30. The summed E-state index contributed by atoms with van der Waals surface area (Å²) in [4.78, 5) is 35.1. The van der Waals surface area contributed by atoms with Gasteiger partial charge < -0.3 is 20.3 Å². The van der Waals surface area contributed by atoms with Crippen LogP contribution in [-0.4, -0.2) is 63.7 Å². The summed E-state index contributed by atoms with van der Waals surface area (Å²) in [7, 11) is 0. The molecule has 0 aromatic heterocycles. The number of carboxylic acids is 1. The highest BCUT2D eigenvalue weighted by Gasteiger charge is 2.36. The first-order valence-electron chi connectivity index (χ1n) is 6.84. The maximum absolute atomic E-state index is 12.3. The van der Waals surface area contributed by atoms with E-state index in [-0.39, 0.29) is 6.42 Å². The Kier molecular flexibility index (Phi) is 5.86. The summed E-state index contributed by atoms with van der Waals surface area (Å²) in [5, 5.41) is 25.1. The molecule has 0 saturated carbocycles. The zero-order chi connectivity index (χ0) is 16.9. The molecule has 0 unspecified atom stereocenters. The number of carbonyl (C=O) groups excluding carboxylic acids is 2. The molecule has 124 valence electrons. The number of carbonyl (C=O) groups is 3. The molecule has 22 heavy (non-hydrogen) atoms. The van der Waals surface area contributed by atoms with E-state index in [1.165, 1.54) is 6.21 Å². The van der Waals surface area contributed by atoms with Crippen LogP contribution in [0.3, 0.4) is 0 Å². The fourth-order valence-corrected chi connectivity index (χ4v) is 1.81. The molecule has 0 spiro atoms. The Morgan fingerprint density at radius 3 is 2.59 bits per heavy atom. The number of hydrazone groups is 1. The van der Waals surface area contributed by atoms with E-state index in [0.29, 0.717) is 6.42 Å². The van der Waals surface area contributed by atoms with Gasteiger partial charge in [0.25, 0.3) is 5.91 Å². The summed E-state index contributed by atoms with van der Waals surface area (Å²) in [6.07, 6.45) is 1.19. The van der Waals surface area contributed by atoms with E-state index in [0.717, 1.165) is 5.01 Å². The van der Waals surface area contributed by atoms with Crippen molar-refractivity contribution < 1.29 is 29.3 Å². The van der Waals surface area contributed by atoms with Crippen LogP contribution >= 0.6 is 0 Å². The van der Waals surface area contributed by atoms with Gasteiger partial charge in [-0.3, -0.25) is 4.79 Å². The molecule has 0 saturated heterocycles. The van der Waals surface area contributed by atoms with E-state index in [1.54, 1.807) is 20.8 Å². The maximum atomic E-state index is 12.3. The predicted octanol–water partition coefficient (Wildman–Crippen LogP) is -0.0666. The molecular formula is C13H21N3O6. The normalized spacial score (nSPS) is 19.5. The number of alkyl carbamates (subject to hydrolysis) is 1. The first-order chi connectivity index (χ1) is 10.2. The summed E-state index contributed by atoms with van der Waals surface area (Å²) in [6, 6.07) is -2.45. The number of hydrogen-bond donors (Lipinski definition) is 3. The van der Waals surface area contributed by atoms with E-state index in [4.69, 9.17) is 9.84 Å². The van der Waals surface area contributed by atoms with Gasteiger partial charge in [-0.2, -0.15) is 5.10 Å². The number of rotatable bonds is 4. The van der Waals surface area contributed by atoms with Crippen LogP contribution in [0.15, 0.2) is 5.10 Å². The Hall–Kier alpha value is -2.16. The molecule has 0 bridgehead atoms. The highest BCUT2D eigenvalue weighted by Crippen LogP contribution is 2.14. The summed E-state index contributed by atoms with van der Waals surface area (Å²) >= 11 is 0. The van der Waals surface area contributed by atoms with Gasteiger partial charge in [-0.25, -0.2) is 14.6 Å². The lowest BCUT2D eigenvalue weighted by atomic mass is 10.1. The van der Waals surface area contributed by atoms with Crippen LogP contribution in [-0.2, 0) is 14.3 Å². The molecule has 1 heterocycles. The Morgan fingerprint density at radius 2 is 2.09 bits per heavy atom. The first kappa shape index (κ1) is 17.9. The monoisotopic (exact) mass is 315 g/mol. The number of aliphatic carboxylic acids is 1. The minimum absolute atomic E-state index is 0.217. The average Bonchev–Trinajstić information content (AvgIpc) is 2.42. The molecule has 0 fully saturated rings. The summed E-state index contributed by atoms with van der Waals surface area (Å²) in [5.41, 5.74) is -0.764. The predicted molar refractivity (Wildman–Crippen MR) is 76.2 cm³/mol. The van der Waals surface area contributed by atoms with Gasteiger partial charge in [-0.15, -0.1) is 0 Å². The number of nitrogens with zero attached hydrogens (tertiary/aromatic N) is 2. The van der Waals surface area contributed by atoms with Gasteiger partial charge in [0.15, 0.2) is 6.04 Å². The number of aliphatic hydroxyl groups is 1. The van der Waals surface area contributed by atoms with Crippen molar-refractivity contribution in [1.29, 1.82) is 0 Å². The first-order valence-corrected chi connectivity index (χ1v) is 6.84. The van der Waals surface area contributed by atoms with Gasteiger partial charge in [0.05, 0.1) is 6.61 Å². The van der Waals surface area contributed by atoms with E-state index in [2.05, 4.69) is 10.4 Å². The lowest BCUT2D eigenvalue weighted by Crippen LogP contribution is -2.54. The van der Waals surface area contributed by atoms with Gasteiger partial charge in [0.2, 0.25) is 0 Å². The van der Waals surface area contributed by atoms with Crippen LogP contribution in [0.25, 0.3) is 0 Å². The summed E-state index contributed by atoms with van der Waals surface area (Å²) < 4.78 is 5.00. The van der Waals surface area contributed by atoms with E-state index in [9.17, 15) is 19.5 Å². The van der Waals surface area contributed by atoms with Crippen LogP contribution in [0.2, 0.25) is 0 Å². The molecule has 0 aromatic carbocycles. The van der Waals surface area contributed by atoms with Gasteiger partial charge >= 0.3 is 12.1 Å². The molecule has 0 aliphatic carbocycles. The van der Waals surface area contributed by atoms with E-state index in [1.807, 2.05) is 0 Å². The van der Waals surface area contributed by atoms with Crippen molar-refractivity contribution in [2.45, 2.75) is 51.3 Å². The minimum Gasteiger partial charge on any atom is -0.480 e. The number of amides is 2. The second-order valence-corrected chi connectivity index (χ2v) is 5.79. The van der Waals surface area contributed by atoms with E-state index < -0.39 is 42.3 Å². The zero-order valence-electron chi connectivity index (χ0n) is 12.8. The Morgan fingerprint density at radius 1 is 1.45 bits per heavy atom. The van der Waals surface area contributed by atoms with E-state index >= 15 is 0 Å². The van der Waals surface area contributed by atoms with Crippen molar-refractivity contribution in [1.82, 2.24) is 10.3 Å². The van der Waals surface area contributed by atoms with Gasteiger partial charge in [-0.1, -0.05) is 0 Å². The van der Waals surface area contributed by atoms with Gasteiger partial charge in [0.1, 0.15) is 11.6 Å². The molecule has 1 aliphatic heterocycles. The fraction of sp³-hybridized carbons (Fsp3) is 0.692. The number of aliphatic hydroxyl groups excluding tert-OH is 1.